The van der Waals surface area contributed by atoms with E-state index in [0.29, 0.717) is 29.5 Å². The number of fused-ring (bicyclic) bond motifs is 1. The van der Waals surface area contributed by atoms with E-state index in [0.717, 1.165) is 22.6 Å². The molecule has 0 unspecified atom stereocenters. The van der Waals surface area contributed by atoms with Crippen molar-refractivity contribution >= 4 is 40.5 Å². The number of carboxylic acids is 1. The van der Waals surface area contributed by atoms with Crippen molar-refractivity contribution in [3.63, 3.8) is 0 Å². The minimum absolute atomic E-state index is 0.00681. The molecule has 170 valence electrons. The van der Waals surface area contributed by atoms with Crippen LogP contribution in [0.25, 0.3) is 11.0 Å². The van der Waals surface area contributed by atoms with Crippen molar-refractivity contribution in [2.45, 2.75) is 24.8 Å². The average Bonchev–Trinajstić information content (AvgIpc) is 3.11. The van der Waals surface area contributed by atoms with Crippen LogP contribution in [-0.4, -0.2) is 21.9 Å². The Hall–Kier alpha value is -2.87. The van der Waals surface area contributed by atoms with Crippen molar-refractivity contribution in [1.29, 1.82) is 0 Å². The Labute approximate surface area is 198 Å². The van der Waals surface area contributed by atoms with Crippen molar-refractivity contribution < 1.29 is 23.1 Å². The van der Waals surface area contributed by atoms with Gasteiger partial charge in [0.1, 0.15) is 17.2 Å². The van der Waals surface area contributed by atoms with Gasteiger partial charge >= 0.3 is 5.97 Å². The molecule has 0 aliphatic heterocycles. The summed E-state index contributed by atoms with van der Waals surface area (Å²) in [7, 11) is 0. The summed E-state index contributed by atoms with van der Waals surface area (Å²) in [6, 6.07) is 17.4. The fraction of sp³-hybridized carbons (Fsp3) is 0.160. The Morgan fingerprint density at radius 3 is 2.45 bits per heavy atom. The first-order valence-electron chi connectivity index (χ1n) is 10.2. The molecule has 3 aromatic carbocycles. The molecular weight excluding hydrogens is 468 g/mol. The first-order chi connectivity index (χ1) is 15.8. The first-order valence-corrected chi connectivity index (χ1v) is 11.3. The van der Waals surface area contributed by atoms with Gasteiger partial charge in [0.15, 0.2) is 0 Å². The smallest absolute Gasteiger partial charge is 0.372 e. The average molecular weight is 488 g/mol. The van der Waals surface area contributed by atoms with Gasteiger partial charge in [0.2, 0.25) is 5.76 Å². The van der Waals surface area contributed by atoms with Crippen molar-refractivity contribution in [1.82, 2.24) is 4.31 Å². The summed E-state index contributed by atoms with van der Waals surface area (Å²) in [6.07, 6.45) is 0.681. The summed E-state index contributed by atoms with van der Waals surface area (Å²) >= 11 is 7.12. The van der Waals surface area contributed by atoms with Crippen LogP contribution < -0.4 is 0 Å². The Kier molecular flexibility index (Phi) is 7.02. The fourth-order valence-corrected chi connectivity index (χ4v) is 4.73. The lowest BCUT2D eigenvalue weighted by Gasteiger charge is -2.22. The summed E-state index contributed by atoms with van der Waals surface area (Å²) in [6.45, 7) is 2.24. The predicted octanol–water partition coefficient (Wildman–Crippen LogP) is 7.12. The van der Waals surface area contributed by atoms with Crippen LogP contribution in [0.4, 0.5) is 8.78 Å². The second-order valence-corrected chi connectivity index (χ2v) is 9.16. The van der Waals surface area contributed by atoms with Gasteiger partial charge < -0.3 is 9.52 Å². The highest BCUT2D eigenvalue weighted by Crippen LogP contribution is 2.33. The van der Waals surface area contributed by atoms with Gasteiger partial charge in [0, 0.05) is 39.5 Å². The molecule has 0 spiro atoms. The fourth-order valence-electron chi connectivity index (χ4n) is 3.56. The van der Waals surface area contributed by atoms with Gasteiger partial charge in [-0.1, -0.05) is 41.9 Å². The highest BCUT2D eigenvalue weighted by molar-refractivity contribution is 7.97. The molecule has 4 nitrogen and oxygen atoms in total. The maximum Gasteiger partial charge on any atom is 0.372 e. The molecule has 0 saturated carbocycles. The van der Waals surface area contributed by atoms with E-state index in [4.69, 9.17) is 16.0 Å². The number of furan rings is 1. The normalized spacial score (nSPS) is 11.4. The van der Waals surface area contributed by atoms with Crippen LogP contribution in [-0.2, 0) is 13.0 Å². The summed E-state index contributed by atoms with van der Waals surface area (Å²) < 4.78 is 36.3. The molecule has 1 heterocycles. The number of aromatic carboxylic acids is 1. The predicted molar refractivity (Wildman–Crippen MR) is 126 cm³/mol. The maximum absolute atomic E-state index is 14.5. The molecule has 0 aliphatic rings. The van der Waals surface area contributed by atoms with Crippen molar-refractivity contribution in [2.24, 2.45) is 0 Å². The Morgan fingerprint density at radius 1 is 1.09 bits per heavy atom. The topological polar surface area (TPSA) is 53.7 Å². The molecule has 0 saturated heterocycles. The molecule has 1 N–H and O–H groups in total. The molecule has 8 heteroatoms. The zero-order chi connectivity index (χ0) is 23.5. The molecule has 33 heavy (non-hydrogen) atoms. The largest absolute Gasteiger partial charge is 0.475 e. The number of rotatable bonds is 8. The summed E-state index contributed by atoms with van der Waals surface area (Å²) in [5.41, 5.74) is 2.05. The molecule has 0 aliphatic carbocycles. The van der Waals surface area contributed by atoms with Gasteiger partial charge in [-0.25, -0.2) is 17.9 Å². The molecular formula is C25H20ClF2NO3S. The first kappa shape index (κ1) is 23.3. The standard InChI is InChI=1S/C25H20ClF2NO3S/c1-15-19-13-18(7-8-23(19)32-24(15)25(30)31)33-29(10-9-16-5-3-2-4-6-16)14-20-21(27)11-17(26)12-22(20)28/h2-8,11-13H,9-10,14H2,1H3,(H,30,31). The van der Waals surface area contributed by atoms with E-state index in [-0.39, 0.29) is 22.9 Å². The van der Waals surface area contributed by atoms with Crippen molar-refractivity contribution in [2.75, 3.05) is 6.54 Å². The number of hydrogen-bond acceptors (Lipinski definition) is 4. The van der Waals surface area contributed by atoms with E-state index in [1.54, 1.807) is 19.1 Å². The monoisotopic (exact) mass is 487 g/mol. The second kappa shape index (κ2) is 9.95. The third-order valence-electron chi connectivity index (χ3n) is 5.27. The lowest BCUT2D eigenvalue weighted by atomic mass is 10.1. The summed E-state index contributed by atoms with van der Waals surface area (Å²) in [5.74, 6) is -2.62. The van der Waals surface area contributed by atoms with Gasteiger partial charge in [0.25, 0.3) is 0 Å². The Morgan fingerprint density at radius 2 is 1.79 bits per heavy atom. The number of carboxylic acid groups (broad SMARTS) is 1. The third kappa shape index (κ3) is 5.38. The van der Waals surface area contributed by atoms with Gasteiger partial charge in [-0.3, -0.25) is 0 Å². The van der Waals surface area contributed by atoms with E-state index in [9.17, 15) is 18.7 Å². The number of nitrogens with zero attached hydrogens (tertiary/aromatic N) is 1. The van der Waals surface area contributed by atoms with Crippen LogP contribution in [0.15, 0.2) is 70.0 Å². The zero-order valence-electron chi connectivity index (χ0n) is 17.6. The SMILES string of the molecule is Cc1c(C(=O)O)oc2ccc(SN(CCc3ccccc3)Cc3c(F)cc(Cl)cc3F)cc12. The van der Waals surface area contributed by atoms with E-state index in [2.05, 4.69) is 0 Å². The number of halogens is 3. The maximum atomic E-state index is 14.5. The molecule has 0 bridgehead atoms. The van der Waals surface area contributed by atoms with Gasteiger partial charge in [-0.2, -0.15) is 0 Å². The van der Waals surface area contributed by atoms with Crippen molar-refractivity contribution in [3.8, 4) is 0 Å². The lowest BCUT2D eigenvalue weighted by molar-refractivity contribution is 0.0664. The Bertz CT molecular complexity index is 1290. The van der Waals surface area contributed by atoms with Crippen LogP contribution >= 0.6 is 23.5 Å². The summed E-state index contributed by atoms with van der Waals surface area (Å²) in [4.78, 5) is 12.2. The highest BCUT2D eigenvalue weighted by atomic mass is 35.5. The minimum Gasteiger partial charge on any atom is -0.475 e. The molecule has 0 fully saturated rings. The van der Waals surface area contributed by atoms with Crippen LogP contribution in [0.2, 0.25) is 5.02 Å². The second-order valence-electron chi connectivity index (χ2n) is 7.56. The summed E-state index contributed by atoms with van der Waals surface area (Å²) in [5, 5.41) is 10.00. The number of carbonyl (C=O) groups is 1. The molecule has 4 aromatic rings. The molecule has 0 radical (unpaired) electrons. The minimum atomic E-state index is -1.13. The zero-order valence-corrected chi connectivity index (χ0v) is 19.2. The van der Waals surface area contributed by atoms with Crippen LogP contribution in [0.1, 0.15) is 27.2 Å². The molecule has 1 aromatic heterocycles. The number of hydrogen-bond donors (Lipinski definition) is 1. The highest BCUT2D eigenvalue weighted by Gasteiger charge is 2.19. The van der Waals surface area contributed by atoms with E-state index in [1.807, 2.05) is 40.7 Å². The van der Waals surface area contributed by atoms with Gasteiger partial charge in [-0.05, 0) is 61.2 Å². The van der Waals surface area contributed by atoms with Gasteiger partial charge in [0.05, 0.1) is 0 Å². The lowest BCUT2D eigenvalue weighted by Crippen LogP contribution is -2.20. The molecule has 0 amide bonds. The molecule has 4 rings (SSSR count). The van der Waals surface area contributed by atoms with Gasteiger partial charge in [-0.15, -0.1) is 0 Å². The van der Waals surface area contributed by atoms with E-state index >= 15 is 0 Å². The molecule has 0 atom stereocenters. The van der Waals surface area contributed by atoms with E-state index < -0.39 is 17.6 Å². The van der Waals surface area contributed by atoms with Crippen LogP contribution in [0.5, 0.6) is 0 Å². The number of benzene rings is 3. The Balaban J connectivity index is 1.62. The number of aryl methyl sites for hydroxylation is 1. The third-order valence-corrected chi connectivity index (χ3v) is 6.52. The van der Waals surface area contributed by atoms with E-state index in [1.165, 1.54) is 11.9 Å². The quantitative estimate of drug-likeness (QED) is 0.268. The van der Waals surface area contributed by atoms with Crippen LogP contribution in [0, 0.1) is 18.6 Å². The van der Waals surface area contributed by atoms with Crippen molar-refractivity contribution in [3.05, 3.63) is 99.8 Å². The van der Waals surface area contributed by atoms with Crippen LogP contribution in [0.3, 0.4) is 0 Å².